The molecule has 0 spiro atoms. The Labute approximate surface area is 162 Å². The van der Waals surface area contributed by atoms with E-state index in [9.17, 15) is 13.2 Å². The molecule has 0 aliphatic carbocycles. The van der Waals surface area contributed by atoms with Gasteiger partial charge in [0.05, 0.1) is 11.3 Å². The first-order valence-corrected chi connectivity index (χ1v) is 10.1. The average molecular weight is 403 g/mol. The van der Waals surface area contributed by atoms with E-state index < -0.39 is 10.0 Å². The van der Waals surface area contributed by atoms with E-state index in [2.05, 4.69) is 20.4 Å². The lowest BCUT2D eigenvalue weighted by Gasteiger charge is -2.11. The molecular weight excluding hydrogens is 382 g/mol. The predicted octanol–water partition coefficient (Wildman–Crippen LogP) is -0.128. The molecule has 3 rings (SSSR count). The minimum atomic E-state index is -3.71. The maximum Gasteiger partial charge on any atom is 0.254 e. The smallest absolute Gasteiger partial charge is 0.254 e. The van der Waals surface area contributed by atoms with Crippen molar-refractivity contribution >= 4 is 27.7 Å². The Bertz CT molecular complexity index is 1140. The van der Waals surface area contributed by atoms with Gasteiger partial charge >= 0.3 is 0 Å². The van der Waals surface area contributed by atoms with Crippen molar-refractivity contribution in [2.75, 3.05) is 12.3 Å². The van der Waals surface area contributed by atoms with E-state index in [1.165, 1.54) is 16.6 Å². The molecule has 10 nitrogen and oxygen atoms in total. The van der Waals surface area contributed by atoms with Gasteiger partial charge in [-0.3, -0.25) is 4.79 Å². The van der Waals surface area contributed by atoms with Crippen LogP contribution in [-0.4, -0.2) is 40.5 Å². The van der Waals surface area contributed by atoms with Gasteiger partial charge in [0.15, 0.2) is 0 Å². The first kappa shape index (κ1) is 19.7. The third-order valence-corrected chi connectivity index (χ3v) is 5.32. The highest BCUT2D eigenvalue weighted by Crippen LogP contribution is 2.15. The molecule has 0 saturated heterocycles. The molecule has 148 valence electrons. The fourth-order valence-corrected chi connectivity index (χ4v) is 3.41. The number of amides is 1. The first-order valence-electron chi connectivity index (χ1n) is 8.52. The van der Waals surface area contributed by atoms with Gasteiger partial charge in [-0.25, -0.2) is 18.5 Å². The molecule has 1 aromatic carbocycles. The Morgan fingerprint density at radius 3 is 2.50 bits per heavy atom. The summed E-state index contributed by atoms with van der Waals surface area (Å²) in [6.07, 6.45) is 0.718. The third kappa shape index (κ3) is 4.26. The molecule has 0 unspecified atom stereocenters. The van der Waals surface area contributed by atoms with Crippen LogP contribution < -0.4 is 16.2 Å². The van der Waals surface area contributed by atoms with Gasteiger partial charge in [-0.1, -0.05) is 12.1 Å². The molecule has 0 aliphatic rings. The fraction of sp³-hybridized carbons (Fsp3) is 0.294. The van der Waals surface area contributed by atoms with Gasteiger partial charge in [0.2, 0.25) is 21.9 Å². The highest BCUT2D eigenvalue weighted by molar-refractivity contribution is 7.89. The molecule has 0 radical (unpaired) electrons. The monoisotopic (exact) mass is 403 g/mol. The number of aromatic nitrogens is 4. The van der Waals surface area contributed by atoms with Crippen molar-refractivity contribution < 1.29 is 13.2 Å². The van der Waals surface area contributed by atoms with Crippen LogP contribution in [0.2, 0.25) is 0 Å². The van der Waals surface area contributed by atoms with Crippen LogP contribution in [0.1, 0.15) is 22.5 Å². The van der Waals surface area contributed by atoms with Crippen molar-refractivity contribution in [3.63, 3.8) is 0 Å². The van der Waals surface area contributed by atoms with Gasteiger partial charge in [0.25, 0.3) is 5.78 Å². The summed E-state index contributed by atoms with van der Waals surface area (Å²) in [5, 5.41) is 12.0. The topological polar surface area (TPSA) is 158 Å². The van der Waals surface area contributed by atoms with E-state index in [4.69, 9.17) is 10.9 Å². The van der Waals surface area contributed by atoms with Crippen molar-refractivity contribution in [1.82, 2.24) is 24.9 Å². The second-order valence-corrected chi connectivity index (χ2v) is 7.97. The van der Waals surface area contributed by atoms with Gasteiger partial charge in [0.1, 0.15) is 0 Å². The van der Waals surface area contributed by atoms with E-state index in [1.54, 1.807) is 12.1 Å². The molecule has 3 aromatic rings. The predicted molar refractivity (Wildman–Crippen MR) is 103 cm³/mol. The summed E-state index contributed by atoms with van der Waals surface area (Å²) >= 11 is 0. The van der Waals surface area contributed by atoms with E-state index in [0.29, 0.717) is 24.4 Å². The minimum Gasteiger partial charge on any atom is -0.366 e. The van der Waals surface area contributed by atoms with Gasteiger partial charge in [-0.15, -0.1) is 5.10 Å². The largest absolute Gasteiger partial charge is 0.366 e. The molecule has 2 aromatic heterocycles. The van der Waals surface area contributed by atoms with E-state index in [1.807, 2.05) is 13.8 Å². The van der Waals surface area contributed by atoms with Gasteiger partial charge in [-0.2, -0.15) is 9.50 Å². The van der Waals surface area contributed by atoms with Crippen LogP contribution in [0.4, 0.5) is 5.95 Å². The number of nitrogen functional groups attached to an aromatic ring is 1. The lowest BCUT2D eigenvalue weighted by Crippen LogP contribution is -2.28. The Kier molecular flexibility index (Phi) is 5.29. The summed E-state index contributed by atoms with van der Waals surface area (Å²) in [6, 6.07) is 6.24. The van der Waals surface area contributed by atoms with Gasteiger partial charge in [-0.05, 0) is 38.0 Å². The number of hydrogen-bond donors (Lipinski definition) is 3. The zero-order valence-corrected chi connectivity index (χ0v) is 16.3. The van der Waals surface area contributed by atoms with Crippen LogP contribution in [0.15, 0.2) is 29.2 Å². The molecule has 1 amide bonds. The van der Waals surface area contributed by atoms with Gasteiger partial charge < -0.3 is 11.1 Å². The van der Waals surface area contributed by atoms with Crippen molar-refractivity contribution in [1.29, 1.82) is 0 Å². The summed E-state index contributed by atoms with van der Waals surface area (Å²) in [5.41, 5.74) is 8.74. The molecule has 5 N–H and O–H groups in total. The first-order chi connectivity index (χ1) is 13.1. The van der Waals surface area contributed by atoms with Crippen molar-refractivity contribution in [3.05, 3.63) is 46.8 Å². The number of nitrogens with two attached hydrogens (primary N) is 2. The normalized spacial score (nSPS) is 11.7. The Morgan fingerprint density at radius 1 is 1.18 bits per heavy atom. The zero-order chi connectivity index (χ0) is 20.5. The molecule has 0 aliphatic heterocycles. The van der Waals surface area contributed by atoms with Crippen LogP contribution in [-0.2, 0) is 27.7 Å². The minimum absolute atomic E-state index is 0.0582. The zero-order valence-electron chi connectivity index (χ0n) is 15.5. The summed E-state index contributed by atoms with van der Waals surface area (Å²) in [6.45, 7) is 4.07. The quantitative estimate of drug-likeness (QED) is 0.517. The molecule has 0 fully saturated rings. The van der Waals surface area contributed by atoms with Crippen LogP contribution in [0.25, 0.3) is 5.78 Å². The number of carbonyl (C=O) groups excluding carboxylic acids is 1. The summed E-state index contributed by atoms with van der Waals surface area (Å²) in [5.74, 6) is 0.381. The van der Waals surface area contributed by atoms with Gasteiger partial charge in [0, 0.05) is 23.5 Å². The number of carbonyl (C=O) groups is 1. The van der Waals surface area contributed by atoms with Crippen LogP contribution in [0, 0.1) is 13.8 Å². The maximum atomic E-state index is 12.3. The molecule has 0 saturated carbocycles. The fourth-order valence-electron chi connectivity index (χ4n) is 2.89. The van der Waals surface area contributed by atoms with Crippen LogP contribution >= 0.6 is 0 Å². The third-order valence-electron chi connectivity index (χ3n) is 4.39. The number of benzene rings is 1. The molecule has 0 atom stereocenters. The van der Waals surface area contributed by atoms with E-state index >= 15 is 0 Å². The standard InChI is InChI=1S/C17H21N7O3S/c1-10-14(11(2)24-17(21-10)22-16(18)23-24)9-15(25)20-8-7-12-3-5-13(6-4-12)28(19,26)27/h3-6H,7-9H2,1-2H3,(H2,18,23)(H,20,25)(H2,19,26,27). The van der Waals surface area contributed by atoms with Crippen LogP contribution in [0.5, 0.6) is 0 Å². The Morgan fingerprint density at radius 2 is 1.86 bits per heavy atom. The Balaban J connectivity index is 1.61. The number of sulfonamides is 1. The number of nitrogens with zero attached hydrogens (tertiary/aromatic N) is 4. The average Bonchev–Trinajstić information content (AvgIpc) is 2.99. The highest BCUT2D eigenvalue weighted by atomic mass is 32.2. The van der Waals surface area contributed by atoms with Crippen LogP contribution in [0.3, 0.4) is 0 Å². The number of rotatable bonds is 6. The summed E-state index contributed by atoms with van der Waals surface area (Å²) < 4.78 is 24.0. The van der Waals surface area contributed by atoms with Crippen molar-refractivity contribution in [3.8, 4) is 0 Å². The number of primary sulfonamides is 1. The highest BCUT2D eigenvalue weighted by Gasteiger charge is 2.15. The molecule has 28 heavy (non-hydrogen) atoms. The van der Waals surface area contributed by atoms with E-state index in [0.717, 1.165) is 16.8 Å². The number of nitrogens with one attached hydrogen (secondary N) is 1. The Hall–Kier alpha value is -3.05. The SMILES string of the molecule is Cc1nc2nc(N)nn2c(C)c1CC(=O)NCCc1ccc(S(N)(=O)=O)cc1. The number of aryl methyl sites for hydroxylation is 2. The second-order valence-electron chi connectivity index (χ2n) is 6.41. The maximum absolute atomic E-state index is 12.3. The summed E-state index contributed by atoms with van der Waals surface area (Å²) in [4.78, 5) is 20.8. The number of anilines is 1. The lowest BCUT2D eigenvalue weighted by molar-refractivity contribution is -0.120. The van der Waals surface area contributed by atoms with E-state index in [-0.39, 0.29) is 23.2 Å². The lowest BCUT2D eigenvalue weighted by atomic mass is 10.1. The second kappa shape index (κ2) is 7.52. The molecule has 0 bridgehead atoms. The summed E-state index contributed by atoms with van der Waals surface area (Å²) in [7, 11) is -3.71. The van der Waals surface area contributed by atoms with Crippen molar-refractivity contribution in [2.24, 2.45) is 5.14 Å². The van der Waals surface area contributed by atoms with Crippen molar-refractivity contribution in [2.45, 2.75) is 31.6 Å². The molecule has 11 heteroatoms. The number of fused-ring (bicyclic) bond motifs is 1. The molecular formula is C17H21N7O3S. The molecule has 2 heterocycles. The number of hydrogen-bond acceptors (Lipinski definition) is 7.